The van der Waals surface area contributed by atoms with Crippen molar-refractivity contribution in [2.24, 2.45) is 5.73 Å². The summed E-state index contributed by atoms with van der Waals surface area (Å²) in [4.78, 5) is 12.0. The Labute approximate surface area is 140 Å². The van der Waals surface area contributed by atoms with Crippen molar-refractivity contribution in [1.29, 1.82) is 0 Å². The molecule has 4 N–H and O–H groups in total. The predicted octanol–water partition coefficient (Wildman–Crippen LogP) is 2.49. The highest BCUT2D eigenvalue weighted by Crippen LogP contribution is 2.42. The van der Waals surface area contributed by atoms with Crippen molar-refractivity contribution in [3.05, 3.63) is 57.3 Å². The molecule has 0 saturated heterocycles. The molecule has 5 nitrogen and oxygen atoms in total. The first-order chi connectivity index (χ1) is 11.0. The fourth-order valence-corrected chi connectivity index (χ4v) is 3.72. The highest BCUT2D eigenvalue weighted by atomic mass is 35.5. The van der Waals surface area contributed by atoms with Gasteiger partial charge in [0.1, 0.15) is 5.82 Å². The van der Waals surface area contributed by atoms with E-state index in [4.69, 9.17) is 23.1 Å². The van der Waals surface area contributed by atoms with Crippen molar-refractivity contribution in [1.82, 2.24) is 9.78 Å². The maximum Gasteiger partial charge on any atom is 0.267 e. The lowest BCUT2D eigenvalue weighted by molar-refractivity contribution is 0.222. The first-order valence-corrected chi connectivity index (χ1v) is 8.23. The number of rotatable bonds is 3. The summed E-state index contributed by atoms with van der Waals surface area (Å²) < 4.78 is 1.52. The number of hydrogen-bond acceptors (Lipinski definition) is 4. The van der Waals surface area contributed by atoms with Crippen molar-refractivity contribution >= 4 is 17.4 Å². The van der Waals surface area contributed by atoms with E-state index in [1.54, 1.807) is 0 Å². The summed E-state index contributed by atoms with van der Waals surface area (Å²) in [5.74, 6) is 0.370. The molecule has 1 aromatic carbocycles. The Kier molecular flexibility index (Phi) is 4.41. The average molecular weight is 333 g/mol. The maximum atomic E-state index is 12.0. The largest absolute Gasteiger partial charge is 0.382 e. The van der Waals surface area contributed by atoms with Crippen LogP contribution in [0.1, 0.15) is 37.3 Å². The summed E-state index contributed by atoms with van der Waals surface area (Å²) in [6, 6.07) is 11.0. The number of aromatic nitrogens is 2. The molecule has 2 aromatic rings. The number of nitrogen functional groups attached to an aromatic ring is 1. The highest BCUT2D eigenvalue weighted by Gasteiger charge is 2.36. The van der Waals surface area contributed by atoms with Gasteiger partial charge in [-0.25, -0.2) is 4.68 Å². The summed E-state index contributed by atoms with van der Waals surface area (Å²) in [5, 5.41) is 4.91. The van der Waals surface area contributed by atoms with E-state index in [1.807, 2.05) is 18.2 Å². The van der Waals surface area contributed by atoms with E-state index in [9.17, 15) is 4.79 Å². The topological polar surface area (TPSA) is 86.9 Å². The molecule has 3 rings (SSSR count). The van der Waals surface area contributed by atoms with E-state index in [-0.39, 0.29) is 17.0 Å². The van der Waals surface area contributed by atoms with Gasteiger partial charge in [0.15, 0.2) is 0 Å². The Morgan fingerprint density at radius 3 is 2.65 bits per heavy atom. The van der Waals surface area contributed by atoms with Gasteiger partial charge in [-0.1, -0.05) is 23.7 Å². The van der Waals surface area contributed by atoms with Crippen molar-refractivity contribution < 1.29 is 0 Å². The summed E-state index contributed by atoms with van der Waals surface area (Å²) in [6.07, 6.45) is 3.50. The third-order valence-electron chi connectivity index (χ3n) is 4.93. The SMILES string of the molecule is NCC1(c2cccc(Cl)c2)CCC(n2nc(N)ccc2=O)CC1. The zero-order chi connectivity index (χ0) is 16.4. The predicted molar refractivity (Wildman–Crippen MR) is 92.6 cm³/mol. The molecule has 0 amide bonds. The lowest BCUT2D eigenvalue weighted by atomic mass is 9.68. The lowest BCUT2D eigenvalue weighted by Crippen LogP contribution is -2.41. The molecule has 1 fully saturated rings. The van der Waals surface area contributed by atoms with Gasteiger partial charge in [0.2, 0.25) is 0 Å². The van der Waals surface area contributed by atoms with Crippen LogP contribution in [0.25, 0.3) is 0 Å². The normalized spacial score (nSPS) is 24.5. The van der Waals surface area contributed by atoms with Crippen LogP contribution >= 0.6 is 11.6 Å². The van der Waals surface area contributed by atoms with Gasteiger partial charge in [0.25, 0.3) is 5.56 Å². The molecule has 1 saturated carbocycles. The van der Waals surface area contributed by atoms with E-state index in [0.717, 1.165) is 30.7 Å². The minimum Gasteiger partial charge on any atom is -0.382 e. The second-order valence-electron chi connectivity index (χ2n) is 6.27. The zero-order valence-corrected chi connectivity index (χ0v) is 13.7. The first-order valence-electron chi connectivity index (χ1n) is 7.85. The van der Waals surface area contributed by atoms with Crippen LogP contribution in [-0.2, 0) is 5.41 Å². The summed E-state index contributed by atoms with van der Waals surface area (Å²) in [6.45, 7) is 0.569. The Morgan fingerprint density at radius 2 is 2.00 bits per heavy atom. The fraction of sp³-hybridized carbons (Fsp3) is 0.412. The minimum atomic E-state index is -0.104. The van der Waals surface area contributed by atoms with Crippen LogP contribution in [0.3, 0.4) is 0 Å². The summed E-state index contributed by atoms with van der Waals surface area (Å²) in [5.41, 5.74) is 12.8. The Bertz CT molecular complexity index is 750. The second-order valence-corrected chi connectivity index (χ2v) is 6.70. The molecule has 1 aliphatic carbocycles. The van der Waals surface area contributed by atoms with Crippen molar-refractivity contribution in [2.45, 2.75) is 37.1 Å². The van der Waals surface area contributed by atoms with Gasteiger partial charge in [-0.2, -0.15) is 5.10 Å². The fourth-order valence-electron chi connectivity index (χ4n) is 3.53. The van der Waals surface area contributed by atoms with Crippen LogP contribution in [0.15, 0.2) is 41.2 Å². The number of nitrogens with zero attached hydrogens (tertiary/aromatic N) is 2. The molecular formula is C17H21ClN4O. The molecule has 0 atom stereocenters. The molecule has 0 unspecified atom stereocenters. The van der Waals surface area contributed by atoms with E-state index in [1.165, 1.54) is 22.4 Å². The molecule has 0 radical (unpaired) electrons. The number of benzene rings is 1. The molecule has 0 spiro atoms. The van der Waals surface area contributed by atoms with Crippen LogP contribution in [-0.4, -0.2) is 16.3 Å². The average Bonchev–Trinajstić information content (AvgIpc) is 2.57. The minimum absolute atomic E-state index is 0.0739. The van der Waals surface area contributed by atoms with E-state index < -0.39 is 0 Å². The number of anilines is 1. The molecule has 122 valence electrons. The van der Waals surface area contributed by atoms with Crippen LogP contribution in [0.2, 0.25) is 5.02 Å². The standard InChI is InChI=1S/C17H21ClN4O/c18-13-3-1-2-12(10-13)17(11-19)8-6-14(7-9-17)22-16(23)5-4-15(20)21-22/h1-5,10,14H,6-9,11,19H2,(H2,20,21). The molecule has 23 heavy (non-hydrogen) atoms. The second kappa shape index (κ2) is 6.34. The van der Waals surface area contributed by atoms with Crippen molar-refractivity contribution in [3.8, 4) is 0 Å². The Morgan fingerprint density at radius 1 is 1.26 bits per heavy atom. The number of hydrogen-bond donors (Lipinski definition) is 2. The van der Waals surface area contributed by atoms with Gasteiger partial charge >= 0.3 is 0 Å². The first kappa shape index (κ1) is 16.0. The lowest BCUT2D eigenvalue weighted by Gasteiger charge is -2.40. The van der Waals surface area contributed by atoms with Crippen molar-refractivity contribution in [3.63, 3.8) is 0 Å². The van der Waals surface area contributed by atoms with Crippen molar-refractivity contribution in [2.75, 3.05) is 12.3 Å². The molecule has 0 aliphatic heterocycles. The van der Waals surface area contributed by atoms with E-state index in [2.05, 4.69) is 11.2 Å². The quantitative estimate of drug-likeness (QED) is 0.904. The third kappa shape index (κ3) is 3.12. The smallest absolute Gasteiger partial charge is 0.267 e. The Hall–Kier alpha value is -1.85. The molecular weight excluding hydrogens is 312 g/mol. The number of halogens is 1. The van der Waals surface area contributed by atoms with Gasteiger partial charge in [0.05, 0.1) is 6.04 Å². The molecule has 1 aliphatic rings. The van der Waals surface area contributed by atoms with Gasteiger partial charge in [0, 0.05) is 23.0 Å². The summed E-state index contributed by atoms with van der Waals surface area (Å²) in [7, 11) is 0. The zero-order valence-electron chi connectivity index (χ0n) is 12.9. The third-order valence-corrected chi connectivity index (χ3v) is 5.17. The van der Waals surface area contributed by atoms with Crippen LogP contribution < -0.4 is 17.0 Å². The number of nitrogens with two attached hydrogens (primary N) is 2. The molecule has 6 heteroatoms. The molecule has 1 aromatic heterocycles. The highest BCUT2D eigenvalue weighted by molar-refractivity contribution is 6.30. The van der Waals surface area contributed by atoms with Gasteiger partial charge in [-0.05, 0) is 49.4 Å². The summed E-state index contributed by atoms with van der Waals surface area (Å²) >= 11 is 6.14. The Balaban J connectivity index is 1.84. The van der Waals surface area contributed by atoms with Crippen LogP contribution in [0.4, 0.5) is 5.82 Å². The molecule has 1 heterocycles. The van der Waals surface area contributed by atoms with Gasteiger partial charge in [-0.15, -0.1) is 0 Å². The molecule has 0 bridgehead atoms. The van der Waals surface area contributed by atoms with Crippen LogP contribution in [0.5, 0.6) is 0 Å². The maximum absolute atomic E-state index is 12.0. The van der Waals surface area contributed by atoms with Crippen LogP contribution in [0, 0.1) is 0 Å². The monoisotopic (exact) mass is 332 g/mol. The van der Waals surface area contributed by atoms with Gasteiger partial charge < -0.3 is 11.5 Å². The van der Waals surface area contributed by atoms with E-state index in [0.29, 0.717) is 12.4 Å². The van der Waals surface area contributed by atoms with E-state index >= 15 is 0 Å². The van der Waals surface area contributed by atoms with Gasteiger partial charge in [-0.3, -0.25) is 4.79 Å².